The molecule has 0 spiro atoms. The van der Waals surface area contributed by atoms with E-state index in [0.717, 1.165) is 5.82 Å². The first-order valence-corrected chi connectivity index (χ1v) is 4.98. The zero-order valence-electron chi connectivity index (χ0n) is 8.82. The van der Waals surface area contributed by atoms with Crippen LogP contribution in [0.15, 0.2) is 12.4 Å². The van der Waals surface area contributed by atoms with Crippen LogP contribution in [-0.4, -0.2) is 25.1 Å². The van der Waals surface area contributed by atoms with E-state index in [-0.39, 0.29) is 5.54 Å². The van der Waals surface area contributed by atoms with Crippen LogP contribution < -0.4 is 5.32 Å². The van der Waals surface area contributed by atoms with Crippen molar-refractivity contribution in [3.8, 4) is 0 Å². The minimum Gasteiger partial charge on any atom is -0.365 e. The van der Waals surface area contributed by atoms with Gasteiger partial charge < -0.3 is 5.32 Å². The maximum atomic E-state index is 5.88. The summed E-state index contributed by atoms with van der Waals surface area (Å²) < 4.78 is 1.62. The van der Waals surface area contributed by atoms with Crippen LogP contribution in [0.4, 0.5) is 5.82 Å². The van der Waals surface area contributed by atoms with Gasteiger partial charge >= 0.3 is 0 Å². The summed E-state index contributed by atoms with van der Waals surface area (Å²) in [4.78, 5) is 8.03. The fourth-order valence-corrected chi connectivity index (χ4v) is 1.44. The Morgan fingerprint density at radius 3 is 2.80 bits per heavy atom. The van der Waals surface area contributed by atoms with Gasteiger partial charge in [-0.1, -0.05) is 11.6 Å². The van der Waals surface area contributed by atoms with E-state index in [1.807, 2.05) is 0 Å². The van der Waals surface area contributed by atoms with E-state index < -0.39 is 0 Å². The van der Waals surface area contributed by atoms with Gasteiger partial charge in [0, 0.05) is 11.6 Å². The highest BCUT2D eigenvalue weighted by Crippen LogP contribution is 2.18. The Morgan fingerprint density at radius 2 is 2.13 bits per heavy atom. The highest BCUT2D eigenvalue weighted by atomic mass is 35.5. The molecule has 0 aliphatic carbocycles. The molecule has 5 nitrogen and oxygen atoms in total. The summed E-state index contributed by atoms with van der Waals surface area (Å²) in [5, 5.41) is 7.76. The molecule has 0 atom stereocenters. The second-order valence-electron chi connectivity index (χ2n) is 4.31. The summed E-state index contributed by atoms with van der Waals surface area (Å²) in [6.45, 7) is 6.18. The molecule has 80 valence electrons. The SMILES string of the molecule is CC(C)(C)Nc1cc(Cl)nc2ncnn12. The Balaban J connectivity index is 2.53. The highest BCUT2D eigenvalue weighted by molar-refractivity contribution is 6.29. The molecule has 0 fully saturated rings. The topological polar surface area (TPSA) is 55.1 Å². The highest BCUT2D eigenvalue weighted by Gasteiger charge is 2.13. The van der Waals surface area contributed by atoms with E-state index in [2.05, 4.69) is 41.2 Å². The van der Waals surface area contributed by atoms with Gasteiger partial charge in [0.2, 0.25) is 0 Å². The molecule has 0 saturated carbocycles. The summed E-state index contributed by atoms with van der Waals surface area (Å²) in [6, 6.07) is 1.73. The monoisotopic (exact) mass is 225 g/mol. The fourth-order valence-electron chi connectivity index (χ4n) is 1.26. The molecule has 0 aliphatic rings. The van der Waals surface area contributed by atoms with Gasteiger partial charge in [-0.05, 0) is 20.8 Å². The Labute approximate surface area is 92.5 Å². The first kappa shape index (κ1) is 10.2. The van der Waals surface area contributed by atoms with Crippen LogP contribution in [0.25, 0.3) is 5.78 Å². The number of anilines is 1. The van der Waals surface area contributed by atoms with Gasteiger partial charge in [0.15, 0.2) is 0 Å². The maximum absolute atomic E-state index is 5.88. The third-order valence-corrected chi connectivity index (χ3v) is 1.92. The first-order chi connectivity index (χ1) is 6.96. The lowest BCUT2D eigenvalue weighted by Gasteiger charge is -2.22. The zero-order valence-corrected chi connectivity index (χ0v) is 9.58. The van der Waals surface area contributed by atoms with Gasteiger partial charge in [0.05, 0.1) is 0 Å². The van der Waals surface area contributed by atoms with Crippen molar-refractivity contribution in [1.29, 1.82) is 0 Å². The summed E-state index contributed by atoms with van der Waals surface area (Å²) in [5.41, 5.74) is -0.0659. The zero-order chi connectivity index (χ0) is 11.1. The number of nitrogens with zero attached hydrogens (tertiary/aromatic N) is 4. The van der Waals surface area contributed by atoms with Crippen molar-refractivity contribution in [2.75, 3.05) is 5.32 Å². The largest absolute Gasteiger partial charge is 0.365 e. The first-order valence-electron chi connectivity index (χ1n) is 4.60. The molecular weight excluding hydrogens is 214 g/mol. The van der Waals surface area contributed by atoms with E-state index in [0.29, 0.717) is 10.9 Å². The van der Waals surface area contributed by atoms with E-state index in [1.54, 1.807) is 10.6 Å². The number of fused-ring (bicyclic) bond motifs is 1. The van der Waals surface area contributed by atoms with Crippen LogP contribution in [0.5, 0.6) is 0 Å². The molecule has 1 N–H and O–H groups in total. The minimum atomic E-state index is -0.0659. The number of hydrogen-bond donors (Lipinski definition) is 1. The van der Waals surface area contributed by atoms with Crippen LogP contribution in [0.1, 0.15) is 20.8 Å². The van der Waals surface area contributed by atoms with Gasteiger partial charge in [0.25, 0.3) is 5.78 Å². The average molecular weight is 226 g/mol. The predicted molar refractivity (Wildman–Crippen MR) is 59.2 cm³/mol. The lowest BCUT2D eigenvalue weighted by Crippen LogP contribution is -2.27. The van der Waals surface area contributed by atoms with E-state index >= 15 is 0 Å². The summed E-state index contributed by atoms with van der Waals surface area (Å²) in [7, 11) is 0. The van der Waals surface area contributed by atoms with E-state index in [1.165, 1.54) is 6.33 Å². The van der Waals surface area contributed by atoms with E-state index in [4.69, 9.17) is 11.6 Å². The molecule has 0 radical (unpaired) electrons. The summed E-state index contributed by atoms with van der Waals surface area (Å²) in [5.74, 6) is 1.28. The lowest BCUT2D eigenvalue weighted by atomic mass is 10.1. The van der Waals surface area contributed by atoms with Gasteiger partial charge in [-0.2, -0.15) is 19.6 Å². The Kier molecular flexibility index (Phi) is 2.26. The molecule has 0 bridgehead atoms. The molecule has 2 aromatic heterocycles. The molecule has 0 unspecified atom stereocenters. The molecular formula is C9H12ClN5. The quantitative estimate of drug-likeness (QED) is 0.755. The summed E-state index contributed by atoms with van der Waals surface area (Å²) >= 11 is 5.88. The number of nitrogens with one attached hydrogen (secondary N) is 1. The number of hydrogen-bond acceptors (Lipinski definition) is 4. The molecule has 0 amide bonds. The Hall–Kier alpha value is -1.36. The maximum Gasteiger partial charge on any atom is 0.255 e. The van der Waals surface area contributed by atoms with Crippen LogP contribution in [0, 0.1) is 0 Å². The second kappa shape index (κ2) is 3.34. The molecule has 2 heterocycles. The molecule has 2 rings (SSSR count). The molecule has 6 heteroatoms. The van der Waals surface area contributed by atoms with Crippen molar-refractivity contribution < 1.29 is 0 Å². The van der Waals surface area contributed by atoms with Crippen molar-refractivity contribution in [2.24, 2.45) is 0 Å². The lowest BCUT2D eigenvalue weighted by molar-refractivity contribution is 0.625. The third kappa shape index (κ3) is 2.18. The van der Waals surface area contributed by atoms with Gasteiger partial charge in [0.1, 0.15) is 17.3 Å². The second-order valence-corrected chi connectivity index (χ2v) is 4.70. The number of rotatable bonds is 1. The van der Waals surface area contributed by atoms with Gasteiger partial charge in [-0.15, -0.1) is 0 Å². The van der Waals surface area contributed by atoms with Crippen molar-refractivity contribution in [1.82, 2.24) is 19.6 Å². The molecule has 2 aromatic rings. The molecule has 0 aliphatic heterocycles. The van der Waals surface area contributed by atoms with Crippen LogP contribution >= 0.6 is 11.6 Å². The fraction of sp³-hybridized carbons (Fsp3) is 0.444. The van der Waals surface area contributed by atoms with Crippen molar-refractivity contribution in [2.45, 2.75) is 26.3 Å². The number of halogens is 1. The third-order valence-electron chi connectivity index (χ3n) is 1.72. The molecule has 0 aromatic carbocycles. The van der Waals surface area contributed by atoms with Gasteiger partial charge in [-0.3, -0.25) is 0 Å². The number of aromatic nitrogens is 4. The van der Waals surface area contributed by atoms with Crippen molar-refractivity contribution in [3.05, 3.63) is 17.5 Å². The van der Waals surface area contributed by atoms with Crippen LogP contribution in [0.3, 0.4) is 0 Å². The Bertz CT molecular complexity index is 485. The Morgan fingerprint density at radius 1 is 1.40 bits per heavy atom. The van der Waals surface area contributed by atoms with Crippen molar-refractivity contribution >= 4 is 23.2 Å². The minimum absolute atomic E-state index is 0.0659. The predicted octanol–water partition coefficient (Wildman–Crippen LogP) is 1.99. The molecule has 0 saturated heterocycles. The normalized spacial score (nSPS) is 12.0. The standard InChI is InChI=1S/C9H12ClN5/c1-9(2,3)14-7-4-6(10)13-8-11-5-12-15(7)8/h4-5,14H,1-3H3. The van der Waals surface area contributed by atoms with Crippen LogP contribution in [0.2, 0.25) is 5.15 Å². The van der Waals surface area contributed by atoms with E-state index in [9.17, 15) is 0 Å². The van der Waals surface area contributed by atoms with Crippen LogP contribution in [-0.2, 0) is 0 Å². The average Bonchev–Trinajstić information content (AvgIpc) is 2.48. The molecule has 15 heavy (non-hydrogen) atoms. The van der Waals surface area contributed by atoms with Crippen molar-refractivity contribution in [3.63, 3.8) is 0 Å². The smallest absolute Gasteiger partial charge is 0.255 e. The van der Waals surface area contributed by atoms with Gasteiger partial charge in [-0.25, -0.2) is 0 Å². The summed E-state index contributed by atoms with van der Waals surface area (Å²) in [6.07, 6.45) is 1.45.